The predicted octanol–water partition coefficient (Wildman–Crippen LogP) is 1.84. The summed E-state index contributed by atoms with van der Waals surface area (Å²) in [5.74, 6) is 0.926. The Morgan fingerprint density at radius 2 is 1.87 bits per heavy atom. The van der Waals surface area contributed by atoms with Crippen molar-refractivity contribution in [3.63, 3.8) is 0 Å². The van der Waals surface area contributed by atoms with Crippen LogP contribution in [0.3, 0.4) is 0 Å². The lowest BCUT2D eigenvalue weighted by molar-refractivity contribution is 0.352. The topological polar surface area (TPSA) is 46.2 Å². The molecule has 0 radical (unpaired) electrons. The highest BCUT2D eigenvalue weighted by Gasteiger charge is 2.14. The van der Waals surface area contributed by atoms with E-state index in [1.807, 2.05) is 0 Å². The Kier molecular flexibility index (Phi) is 7.18. The summed E-state index contributed by atoms with van der Waals surface area (Å²) in [6.07, 6.45) is 4.16. The highest BCUT2D eigenvalue weighted by atomic mass is 32.2. The molecule has 0 aromatic heterocycles. The van der Waals surface area contributed by atoms with E-state index in [4.69, 9.17) is 0 Å². The quantitative estimate of drug-likeness (QED) is 0.698. The molecule has 0 rings (SSSR count). The molecule has 0 aromatic rings. The van der Waals surface area contributed by atoms with Crippen LogP contribution in [0.15, 0.2) is 0 Å². The second-order valence-corrected chi connectivity index (χ2v) is 6.58. The lowest BCUT2D eigenvalue weighted by Gasteiger charge is -2.23. The Bertz CT molecular complexity index is 249. The van der Waals surface area contributed by atoms with Gasteiger partial charge in [-0.25, -0.2) is 8.42 Å². The van der Waals surface area contributed by atoms with Gasteiger partial charge in [-0.1, -0.05) is 27.2 Å². The van der Waals surface area contributed by atoms with Crippen LogP contribution < -0.4 is 5.32 Å². The van der Waals surface area contributed by atoms with Crippen molar-refractivity contribution >= 4 is 9.84 Å². The Morgan fingerprint density at radius 3 is 2.27 bits per heavy atom. The molecule has 0 saturated carbocycles. The summed E-state index contributed by atoms with van der Waals surface area (Å²) >= 11 is 0. The zero-order chi connectivity index (χ0) is 11.9. The second kappa shape index (κ2) is 7.23. The molecule has 15 heavy (non-hydrogen) atoms. The van der Waals surface area contributed by atoms with Crippen molar-refractivity contribution < 1.29 is 8.42 Å². The monoisotopic (exact) mass is 235 g/mol. The van der Waals surface area contributed by atoms with Gasteiger partial charge < -0.3 is 5.32 Å². The molecule has 1 N–H and O–H groups in total. The lowest BCUT2D eigenvalue weighted by atomic mass is 9.95. The van der Waals surface area contributed by atoms with Crippen LogP contribution in [-0.4, -0.2) is 33.0 Å². The third-order valence-corrected chi connectivity index (χ3v) is 3.86. The maximum atomic E-state index is 11.0. The van der Waals surface area contributed by atoms with Crippen molar-refractivity contribution in [2.24, 2.45) is 5.92 Å². The first kappa shape index (κ1) is 14.9. The first-order valence-corrected chi connectivity index (χ1v) is 7.87. The Hall–Kier alpha value is -0.0900. The number of hydrogen-bond acceptors (Lipinski definition) is 3. The van der Waals surface area contributed by atoms with Crippen molar-refractivity contribution in [2.45, 2.75) is 46.1 Å². The normalized spacial score (nSPS) is 16.3. The van der Waals surface area contributed by atoms with Crippen LogP contribution in [0.2, 0.25) is 0 Å². The molecule has 0 aliphatic heterocycles. The standard InChI is InChI=1S/C11H25NO2S/c1-5-10(3)11(12-6-2)8-7-9-15(4,13)14/h10-12H,5-9H2,1-4H3. The molecule has 2 unspecified atom stereocenters. The van der Waals surface area contributed by atoms with Crippen molar-refractivity contribution in [1.82, 2.24) is 5.32 Å². The molecule has 4 heteroatoms. The summed E-state index contributed by atoms with van der Waals surface area (Å²) in [7, 11) is -2.79. The minimum absolute atomic E-state index is 0.311. The van der Waals surface area contributed by atoms with Gasteiger partial charge in [0.1, 0.15) is 9.84 Å². The summed E-state index contributed by atoms with van der Waals surface area (Å²) in [6, 6.07) is 0.460. The predicted molar refractivity (Wildman–Crippen MR) is 65.9 cm³/mol. The molecule has 3 nitrogen and oxygen atoms in total. The molecule has 92 valence electrons. The van der Waals surface area contributed by atoms with Gasteiger partial charge >= 0.3 is 0 Å². The molecule has 0 bridgehead atoms. The van der Waals surface area contributed by atoms with E-state index < -0.39 is 9.84 Å². The van der Waals surface area contributed by atoms with Crippen LogP contribution in [0.25, 0.3) is 0 Å². The number of rotatable bonds is 8. The van der Waals surface area contributed by atoms with E-state index in [0.717, 1.165) is 25.8 Å². The molecule has 0 fully saturated rings. The van der Waals surface area contributed by atoms with Crippen molar-refractivity contribution in [3.8, 4) is 0 Å². The van der Waals surface area contributed by atoms with Crippen LogP contribution in [-0.2, 0) is 9.84 Å². The molecule has 2 atom stereocenters. The second-order valence-electron chi connectivity index (χ2n) is 4.32. The van der Waals surface area contributed by atoms with Gasteiger partial charge in [-0.3, -0.25) is 0 Å². The van der Waals surface area contributed by atoms with E-state index >= 15 is 0 Å². The van der Waals surface area contributed by atoms with Gasteiger partial charge in [0.05, 0.1) is 0 Å². The number of hydrogen-bond donors (Lipinski definition) is 1. The molecular formula is C11H25NO2S. The molecule has 0 aromatic carbocycles. The van der Waals surface area contributed by atoms with Crippen LogP contribution in [0, 0.1) is 5.92 Å². The van der Waals surface area contributed by atoms with Crippen molar-refractivity contribution in [2.75, 3.05) is 18.6 Å². The fourth-order valence-electron chi connectivity index (χ4n) is 1.70. The van der Waals surface area contributed by atoms with E-state index in [9.17, 15) is 8.42 Å². The first-order valence-electron chi connectivity index (χ1n) is 5.81. The van der Waals surface area contributed by atoms with E-state index in [1.54, 1.807) is 0 Å². The minimum Gasteiger partial charge on any atom is -0.314 e. The number of nitrogens with one attached hydrogen (secondary N) is 1. The van der Waals surface area contributed by atoms with Gasteiger partial charge in [0.15, 0.2) is 0 Å². The summed E-state index contributed by atoms with van der Waals surface area (Å²) in [6.45, 7) is 7.43. The molecule has 0 aliphatic carbocycles. The molecule has 0 heterocycles. The fourth-order valence-corrected chi connectivity index (χ4v) is 2.39. The zero-order valence-electron chi connectivity index (χ0n) is 10.4. The molecular weight excluding hydrogens is 210 g/mol. The molecule has 0 amide bonds. The Labute approximate surface area is 94.6 Å². The van der Waals surface area contributed by atoms with Gasteiger partial charge in [-0.2, -0.15) is 0 Å². The zero-order valence-corrected chi connectivity index (χ0v) is 11.2. The SMILES string of the molecule is CCNC(CCCS(C)(=O)=O)C(C)CC. The third kappa shape index (κ3) is 7.79. The van der Waals surface area contributed by atoms with Crippen LogP contribution >= 0.6 is 0 Å². The highest BCUT2D eigenvalue weighted by molar-refractivity contribution is 7.90. The summed E-state index contributed by atoms with van der Waals surface area (Å²) in [4.78, 5) is 0. The van der Waals surface area contributed by atoms with Gasteiger partial charge in [-0.05, 0) is 25.3 Å². The van der Waals surface area contributed by atoms with Crippen LogP contribution in [0.5, 0.6) is 0 Å². The van der Waals surface area contributed by atoms with Crippen molar-refractivity contribution in [1.29, 1.82) is 0 Å². The van der Waals surface area contributed by atoms with Gasteiger partial charge in [0.25, 0.3) is 0 Å². The van der Waals surface area contributed by atoms with Crippen molar-refractivity contribution in [3.05, 3.63) is 0 Å². The Morgan fingerprint density at radius 1 is 1.27 bits per heavy atom. The molecule has 0 saturated heterocycles. The van der Waals surface area contributed by atoms with E-state index in [-0.39, 0.29) is 0 Å². The van der Waals surface area contributed by atoms with Gasteiger partial charge in [-0.15, -0.1) is 0 Å². The van der Waals surface area contributed by atoms with Crippen LogP contribution in [0.1, 0.15) is 40.0 Å². The maximum absolute atomic E-state index is 11.0. The molecule has 0 aliphatic rings. The summed E-state index contributed by atoms with van der Waals surface area (Å²) in [5.41, 5.74) is 0. The summed E-state index contributed by atoms with van der Waals surface area (Å²) in [5, 5.41) is 3.42. The average Bonchev–Trinajstić information content (AvgIpc) is 2.13. The highest BCUT2D eigenvalue weighted by Crippen LogP contribution is 2.13. The summed E-state index contributed by atoms with van der Waals surface area (Å²) < 4.78 is 22.0. The largest absolute Gasteiger partial charge is 0.314 e. The van der Waals surface area contributed by atoms with Gasteiger partial charge in [0, 0.05) is 18.1 Å². The fraction of sp³-hybridized carbons (Fsp3) is 1.00. The van der Waals surface area contributed by atoms with E-state index in [0.29, 0.717) is 17.7 Å². The van der Waals surface area contributed by atoms with Crippen LogP contribution in [0.4, 0.5) is 0 Å². The maximum Gasteiger partial charge on any atom is 0.147 e. The Balaban J connectivity index is 3.96. The molecule has 0 spiro atoms. The minimum atomic E-state index is -2.79. The van der Waals surface area contributed by atoms with E-state index in [2.05, 4.69) is 26.1 Å². The van der Waals surface area contributed by atoms with Gasteiger partial charge in [0.2, 0.25) is 0 Å². The average molecular weight is 235 g/mol. The third-order valence-electron chi connectivity index (χ3n) is 2.83. The van der Waals surface area contributed by atoms with E-state index in [1.165, 1.54) is 6.26 Å². The number of sulfone groups is 1. The smallest absolute Gasteiger partial charge is 0.147 e. The first-order chi connectivity index (χ1) is 6.90. The lowest BCUT2D eigenvalue weighted by Crippen LogP contribution is -2.35.